The second-order valence-corrected chi connectivity index (χ2v) is 10.0. The molecule has 210 valence electrons. The first kappa shape index (κ1) is 30.6. The number of primary amides is 1. The SMILES string of the molecule is CC(=O)O.CC(C)[C@H](NC(=O)[C@@H]1CCCN1C(=O)[C@@H](N)Cc1ccc(O)cc1)C(=O)N1CCC[C@H]1C(N)=O. The van der Waals surface area contributed by atoms with E-state index in [1.54, 1.807) is 12.1 Å². The first-order valence-electron chi connectivity index (χ1n) is 12.8. The van der Waals surface area contributed by atoms with Gasteiger partial charge in [-0.25, -0.2) is 0 Å². The number of phenols is 1. The lowest BCUT2D eigenvalue weighted by atomic mass is 10.0. The van der Waals surface area contributed by atoms with Gasteiger partial charge in [0.1, 0.15) is 23.9 Å². The van der Waals surface area contributed by atoms with Crippen LogP contribution in [0.5, 0.6) is 5.75 Å². The van der Waals surface area contributed by atoms with Crippen molar-refractivity contribution in [3.05, 3.63) is 29.8 Å². The third kappa shape index (κ3) is 8.17. The molecule has 2 saturated heterocycles. The normalized spacial score (nSPS) is 20.3. The Balaban J connectivity index is 0.00000118. The summed E-state index contributed by atoms with van der Waals surface area (Å²) in [7, 11) is 0. The van der Waals surface area contributed by atoms with E-state index in [4.69, 9.17) is 21.4 Å². The van der Waals surface area contributed by atoms with Crippen molar-refractivity contribution >= 4 is 29.6 Å². The Morgan fingerprint density at radius 1 is 0.974 bits per heavy atom. The zero-order valence-corrected chi connectivity index (χ0v) is 22.1. The molecule has 12 heteroatoms. The van der Waals surface area contributed by atoms with Crippen LogP contribution in [0.25, 0.3) is 0 Å². The van der Waals surface area contributed by atoms with Crippen LogP contribution in [0.1, 0.15) is 52.0 Å². The quantitative estimate of drug-likeness (QED) is 0.307. The molecule has 2 aliphatic rings. The fraction of sp³-hybridized carbons (Fsp3) is 0.577. The fourth-order valence-corrected chi connectivity index (χ4v) is 4.76. The Labute approximate surface area is 222 Å². The van der Waals surface area contributed by atoms with Crippen LogP contribution in [0, 0.1) is 5.92 Å². The Bertz CT molecular complexity index is 1010. The highest BCUT2D eigenvalue weighted by atomic mass is 16.4. The lowest BCUT2D eigenvalue weighted by Gasteiger charge is -2.32. The number of carboxylic acid groups (broad SMARTS) is 1. The molecular formula is C26H39N5O7. The van der Waals surface area contributed by atoms with E-state index in [1.165, 1.54) is 21.9 Å². The van der Waals surface area contributed by atoms with Gasteiger partial charge in [0, 0.05) is 20.0 Å². The van der Waals surface area contributed by atoms with Crippen molar-refractivity contribution in [1.82, 2.24) is 15.1 Å². The van der Waals surface area contributed by atoms with Crippen molar-refractivity contribution in [2.24, 2.45) is 17.4 Å². The van der Waals surface area contributed by atoms with Crippen LogP contribution in [0.2, 0.25) is 0 Å². The Morgan fingerprint density at radius 3 is 1.97 bits per heavy atom. The molecule has 2 fully saturated rings. The Morgan fingerprint density at radius 2 is 1.47 bits per heavy atom. The van der Waals surface area contributed by atoms with Crippen LogP contribution >= 0.6 is 0 Å². The van der Waals surface area contributed by atoms with Gasteiger partial charge in [0.25, 0.3) is 5.97 Å². The molecular weight excluding hydrogens is 494 g/mol. The first-order valence-corrected chi connectivity index (χ1v) is 12.8. The van der Waals surface area contributed by atoms with Crippen molar-refractivity contribution in [3.63, 3.8) is 0 Å². The molecule has 4 amide bonds. The Kier molecular flexibility index (Phi) is 11.1. The van der Waals surface area contributed by atoms with Gasteiger partial charge in [-0.1, -0.05) is 26.0 Å². The number of rotatable bonds is 8. The highest BCUT2D eigenvalue weighted by Gasteiger charge is 2.41. The maximum Gasteiger partial charge on any atom is 0.300 e. The van der Waals surface area contributed by atoms with Gasteiger partial charge in [0.15, 0.2) is 0 Å². The van der Waals surface area contributed by atoms with Gasteiger partial charge in [-0.05, 0) is 55.7 Å². The summed E-state index contributed by atoms with van der Waals surface area (Å²) >= 11 is 0. The van der Waals surface area contributed by atoms with Crippen LogP contribution in [0.3, 0.4) is 0 Å². The topological polar surface area (TPSA) is 196 Å². The number of benzene rings is 1. The van der Waals surface area contributed by atoms with Gasteiger partial charge < -0.3 is 36.8 Å². The van der Waals surface area contributed by atoms with Crippen LogP contribution in [0.15, 0.2) is 24.3 Å². The molecule has 0 aliphatic carbocycles. The summed E-state index contributed by atoms with van der Waals surface area (Å²) in [4.78, 5) is 63.1. The van der Waals surface area contributed by atoms with Gasteiger partial charge in [-0.3, -0.25) is 24.0 Å². The average Bonchev–Trinajstić information content (AvgIpc) is 3.52. The molecule has 2 heterocycles. The Hall–Kier alpha value is -3.67. The van der Waals surface area contributed by atoms with Crippen LogP contribution in [-0.2, 0) is 30.4 Å². The monoisotopic (exact) mass is 533 g/mol. The van der Waals surface area contributed by atoms with Gasteiger partial charge >= 0.3 is 0 Å². The molecule has 0 aromatic heterocycles. The van der Waals surface area contributed by atoms with Crippen molar-refractivity contribution in [2.45, 2.75) is 77.0 Å². The van der Waals surface area contributed by atoms with Crippen molar-refractivity contribution in [3.8, 4) is 5.75 Å². The van der Waals surface area contributed by atoms with Crippen LogP contribution < -0.4 is 16.8 Å². The number of phenolic OH excluding ortho intramolecular Hbond substituents is 1. The van der Waals surface area contributed by atoms with Gasteiger partial charge in [-0.2, -0.15) is 0 Å². The minimum absolute atomic E-state index is 0.130. The van der Waals surface area contributed by atoms with Crippen LogP contribution in [0.4, 0.5) is 0 Å². The van der Waals surface area contributed by atoms with E-state index in [-0.39, 0.29) is 29.9 Å². The van der Waals surface area contributed by atoms with E-state index in [1.807, 2.05) is 13.8 Å². The number of nitrogens with zero attached hydrogens (tertiary/aromatic N) is 2. The average molecular weight is 534 g/mol. The fourth-order valence-electron chi connectivity index (χ4n) is 4.76. The summed E-state index contributed by atoms with van der Waals surface area (Å²) in [5.41, 5.74) is 12.4. The third-order valence-electron chi connectivity index (χ3n) is 6.64. The number of amides is 4. The number of hydrogen-bond acceptors (Lipinski definition) is 7. The standard InChI is InChI=1S/C24H35N5O5.C2H4O2/c1-14(2)20(24(34)28-11-3-5-18(28)21(26)31)27-22(32)19-6-4-12-29(19)23(33)17(25)13-15-7-9-16(30)10-8-15;1-2(3)4/h7-10,14,17-20,30H,3-6,11-13,25H2,1-2H3,(H2,26,31)(H,27,32);1H3,(H,3,4)/t17-,18-,19-,20-;/m0./s1. The first-order chi connectivity index (χ1) is 17.8. The number of carbonyl (C=O) groups excluding carboxylic acids is 4. The van der Waals surface area contributed by atoms with Crippen molar-refractivity contribution < 1.29 is 34.2 Å². The summed E-state index contributed by atoms with van der Waals surface area (Å²) < 4.78 is 0. The molecule has 3 rings (SSSR count). The molecule has 2 aliphatic heterocycles. The summed E-state index contributed by atoms with van der Waals surface area (Å²) in [5, 5.41) is 19.7. The van der Waals surface area contributed by atoms with E-state index in [9.17, 15) is 24.3 Å². The van der Waals surface area contributed by atoms with Crippen molar-refractivity contribution in [1.29, 1.82) is 0 Å². The molecule has 1 aromatic rings. The predicted molar refractivity (Wildman–Crippen MR) is 139 cm³/mol. The van der Waals surface area contributed by atoms with E-state index in [2.05, 4.69) is 5.32 Å². The van der Waals surface area contributed by atoms with Crippen molar-refractivity contribution in [2.75, 3.05) is 13.1 Å². The number of nitrogens with two attached hydrogens (primary N) is 2. The minimum Gasteiger partial charge on any atom is -0.508 e. The number of carboxylic acids is 1. The molecule has 0 bridgehead atoms. The molecule has 4 atom stereocenters. The zero-order valence-electron chi connectivity index (χ0n) is 22.1. The molecule has 12 nitrogen and oxygen atoms in total. The van der Waals surface area contributed by atoms with Gasteiger partial charge in [0.2, 0.25) is 23.6 Å². The molecule has 0 spiro atoms. The summed E-state index contributed by atoms with van der Waals surface area (Å²) in [6.45, 7) is 5.56. The summed E-state index contributed by atoms with van der Waals surface area (Å²) in [6, 6.07) is 3.44. The second kappa shape index (κ2) is 13.8. The third-order valence-corrected chi connectivity index (χ3v) is 6.64. The largest absolute Gasteiger partial charge is 0.508 e. The molecule has 38 heavy (non-hydrogen) atoms. The highest BCUT2D eigenvalue weighted by molar-refractivity contribution is 5.95. The molecule has 0 saturated carbocycles. The molecule has 1 aromatic carbocycles. The van der Waals surface area contributed by atoms with Crippen LogP contribution in [-0.4, -0.2) is 86.9 Å². The molecule has 0 unspecified atom stereocenters. The number of carbonyl (C=O) groups is 5. The lowest BCUT2D eigenvalue weighted by molar-refractivity contribution is -0.144. The predicted octanol–water partition coefficient (Wildman–Crippen LogP) is -0.0390. The number of hydrogen-bond donors (Lipinski definition) is 5. The van der Waals surface area contributed by atoms with E-state index in [0.29, 0.717) is 38.8 Å². The highest BCUT2D eigenvalue weighted by Crippen LogP contribution is 2.23. The summed E-state index contributed by atoms with van der Waals surface area (Å²) in [6.07, 6.45) is 2.62. The zero-order chi connectivity index (χ0) is 28.6. The number of aliphatic carboxylic acids is 1. The molecule has 7 N–H and O–H groups in total. The minimum atomic E-state index is -0.833. The molecule has 0 radical (unpaired) electrons. The number of aromatic hydroxyl groups is 1. The van der Waals surface area contributed by atoms with E-state index in [0.717, 1.165) is 12.5 Å². The lowest BCUT2D eigenvalue weighted by Crippen LogP contribution is -2.58. The van der Waals surface area contributed by atoms with E-state index >= 15 is 0 Å². The summed E-state index contributed by atoms with van der Waals surface area (Å²) in [5.74, 6) is -2.52. The van der Waals surface area contributed by atoms with E-state index < -0.39 is 42.0 Å². The van der Waals surface area contributed by atoms with Gasteiger partial charge in [-0.15, -0.1) is 0 Å². The van der Waals surface area contributed by atoms with Gasteiger partial charge in [0.05, 0.1) is 6.04 Å². The number of nitrogens with one attached hydrogen (secondary N) is 1. The number of likely N-dealkylation sites (tertiary alicyclic amines) is 2. The second-order valence-electron chi connectivity index (χ2n) is 10.0. The smallest absolute Gasteiger partial charge is 0.300 e. The maximum atomic E-state index is 13.2. The maximum absolute atomic E-state index is 13.2.